The first-order valence-electron chi connectivity index (χ1n) is 5.91. The van der Waals surface area contributed by atoms with E-state index in [0.717, 1.165) is 18.7 Å². The molecular weight excluding hydrogens is 254 g/mol. The number of thioether (sulfide) groups is 1. The van der Waals surface area contributed by atoms with E-state index in [0.29, 0.717) is 11.8 Å². The molecule has 0 saturated carbocycles. The normalized spacial score (nSPS) is 12.6. The Morgan fingerprint density at radius 3 is 2.72 bits per heavy atom. The first-order valence-corrected chi connectivity index (χ1v) is 6.89. The number of carbonyl (C=O) groups is 1. The van der Waals surface area contributed by atoms with Crippen LogP contribution in [-0.2, 0) is 16.0 Å². The molecule has 0 spiro atoms. The minimum absolute atomic E-state index is 0.00867. The smallest absolute Gasteiger partial charge is 0.313 e. The van der Waals surface area contributed by atoms with Crippen molar-refractivity contribution in [3.63, 3.8) is 0 Å². The molecule has 0 bridgehead atoms. The quantitative estimate of drug-likeness (QED) is 0.725. The van der Waals surface area contributed by atoms with Gasteiger partial charge in [-0.15, -0.1) is 10.2 Å². The van der Waals surface area contributed by atoms with Gasteiger partial charge in [0.15, 0.2) is 5.16 Å². The minimum atomic E-state index is -0.854. The average Bonchev–Trinajstić information content (AvgIpc) is 2.76. The van der Waals surface area contributed by atoms with Crippen molar-refractivity contribution in [2.45, 2.75) is 37.9 Å². The SMILES string of the molecule is CCc1nnc(SCC(=O)O)n1C(CC)COC. The van der Waals surface area contributed by atoms with Crippen LogP contribution in [0, 0.1) is 0 Å². The lowest BCUT2D eigenvalue weighted by molar-refractivity contribution is -0.133. The van der Waals surface area contributed by atoms with Crippen molar-refractivity contribution in [1.82, 2.24) is 14.8 Å². The lowest BCUT2D eigenvalue weighted by Gasteiger charge is -2.19. The van der Waals surface area contributed by atoms with Crippen LogP contribution in [0.1, 0.15) is 32.1 Å². The molecule has 0 aromatic carbocycles. The standard InChI is InChI=1S/C11H19N3O3S/c1-4-8(6-17-3)14-9(5-2)12-13-11(14)18-7-10(15)16/h8H,4-7H2,1-3H3,(H,15,16). The van der Waals surface area contributed by atoms with Crippen molar-refractivity contribution < 1.29 is 14.6 Å². The zero-order valence-corrected chi connectivity index (χ0v) is 11.7. The minimum Gasteiger partial charge on any atom is -0.481 e. The Hall–Kier alpha value is -1.08. The Balaban J connectivity index is 2.96. The number of aliphatic carboxylic acids is 1. The van der Waals surface area contributed by atoms with Gasteiger partial charge >= 0.3 is 5.97 Å². The molecule has 0 radical (unpaired) electrons. The summed E-state index contributed by atoms with van der Waals surface area (Å²) in [4.78, 5) is 10.6. The van der Waals surface area contributed by atoms with E-state index in [-0.39, 0.29) is 11.8 Å². The van der Waals surface area contributed by atoms with Crippen molar-refractivity contribution >= 4 is 17.7 Å². The summed E-state index contributed by atoms with van der Waals surface area (Å²) in [6.07, 6.45) is 1.65. The highest BCUT2D eigenvalue weighted by Crippen LogP contribution is 2.24. The van der Waals surface area contributed by atoms with Crippen LogP contribution in [0.5, 0.6) is 0 Å². The zero-order chi connectivity index (χ0) is 13.5. The maximum atomic E-state index is 10.6. The second-order valence-electron chi connectivity index (χ2n) is 3.82. The lowest BCUT2D eigenvalue weighted by Crippen LogP contribution is -2.17. The van der Waals surface area contributed by atoms with Gasteiger partial charge in [0, 0.05) is 13.5 Å². The van der Waals surface area contributed by atoms with E-state index >= 15 is 0 Å². The topological polar surface area (TPSA) is 77.2 Å². The third-order valence-corrected chi connectivity index (χ3v) is 3.50. The van der Waals surface area contributed by atoms with Gasteiger partial charge in [0.2, 0.25) is 0 Å². The predicted molar refractivity (Wildman–Crippen MR) is 69.0 cm³/mol. The maximum Gasteiger partial charge on any atom is 0.313 e. The Kier molecular flexibility index (Phi) is 6.14. The molecular formula is C11H19N3O3S. The average molecular weight is 273 g/mol. The Labute approximate surface area is 111 Å². The highest BCUT2D eigenvalue weighted by atomic mass is 32.2. The van der Waals surface area contributed by atoms with Gasteiger partial charge in [-0.1, -0.05) is 25.6 Å². The molecule has 102 valence electrons. The van der Waals surface area contributed by atoms with Crippen LogP contribution >= 0.6 is 11.8 Å². The summed E-state index contributed by atoms with van der Waals surface area (Å²) in [5, 5.41) is 17.6. The molecule has 1 unspecified atom stereocenters. The summed E-state index contributed by atoms with van der Waals surface area (Å²) >= 11 is 1.20. The van der Waals surface area contributed by atoms with Crippen molar-refractivity contribution in [1.29, 1.82) is 0 Å². The summed E-state index contributed by atoms with van der Waals surface area (Å²) in [7, 11) is 1.66. The Bertz CT molecular complexity index is 395. The monoisotopic (exact) mass is 273 g/mol. The summed E-state index contributed by atoms with van der Waals surface area (Å²) in [5.41, 5.74) is 0. The van der Waals surface area contributed by atoms with Crippen molar-refractivity contribution in [2.24, 2.45) is 0 Å². The molecule has 7 heteroatoms. The molecule has 1 N–H and O–H groups in total. The van der Waals surface area contributed by atoms with Crippen LogP contribution < -0.4 is 0 Å². The van der Waals surface area contributed by atoms with Crippen molar-refractivity contribution in [3.8, 4) is 0 Å². The molecule has 0 fully saturated rings. The van der Waals surface area contributed by atoms with Gasteiger partial charge < -0.3 is 14.4 Å². The first kappa shape index (κ1) is 15.0. The van der Waals surface area contributed by atoms with E-state index in [1.165, 1.54) is 11.8 Å². The largest absolute Gasteiger partial charge is 0.481 e. The van der Waals surface area contributed by atoms with Crippen LogP contribution in [0.15, 0.2) is 5.16 Å². The Morgan fingerprint density at radius 1 is 1.50 bits per heavy atom. The fraction of sp³-hybridized carbons (Fsp3) is 0.727. The molecule has 6 nitrogen and oxygen atoms in total. The van der Waals surface area contributed by atoms with E-state index in [1.54, 1.807) is 7.11 Å². The molecule has 0 aliphatic rings. The molecule has 1 rings (SSSR count). The molecule has 0 aliphatic carbocycles. The molecule has 0 saturated heterocycles. The number of carboxylic acids is 1. The molecule has 1 heterocycles. The highest BCUT2D eigenvalue weighted by Gasteiger charge is 2.19. The maximum absolute atomic E-state index is 10.6. The van der Waals surface area contributed by atoms with Crippen LogP contribution in [-0.4, -0.2) is 45.3 Å². The van der Waals surface area contributed by atoms with Gasteiger partial charge in [0.1, 0.15) is 5.82 Å². The van der Waals surface area contributed by atoms with Crippen molar-refractivity contribution in [2.75, 3.05) is 19.5 Å². The Morgan fingerprint density at radius 2 is 2.22 bits per heavy atom. The van der Waals surface area contributed by atoms with Gasteiger partial charge in [0.25, 0.3) is 0 Å². The molecule has 18 heavy (non-hydrogen) atoms. The summed E-state index contributed by atoms with van der Waals surface area (Å²) in [5.74, 6) is 0.00446. The number of methoxy groups -OCH3 is 1. The second-order valence-corrected chi connectivity index (χ2v) is 4.76. The number of rotatable bonds is 8. The zero-order valence-electron chi connectivity index (χ0n) is 10.9. The summed E-state index contributed by atoms with van der Waals surface area (Å²) < 4.78 is 7.19. The van der Waals surface area contributed by atoms with Gasteiger partial charge in [-0.25, -0.2) is 0 Å². The van der Waals surface area contributed by atoms with E-state index in [9.17, 15) is 4.79 Å². The summed E-state index contributed by atoms with van der Waals surface area (Å²) in [6, 6.07) is 0.149. The number of nitrogens with zero attached hydrogens (tertiary/aromatic N) is 3. The van der Waals surface area contributed by atoms with Gasteiger partial charge in [-0.2, -0.15) is 0 Å². The molecule has 1 atom stereocenters. The van der Waals surface area contributed by atoms with E-state index in [4.69, 9.17) is 9.84 Å². The van der Waals surface area contributed by atoms with Crippen LogP contribution in [0.4, 0.5) is 0 Å². The van der Waals surface area contributed by atoms with Gasteiger partial charge in [-0.05, 0) is 6.42 Å². The predicted octanol–water partition coefficient (Wildman–Crippen LogP) is 1.61. The second kappa shape index (κ2) is 7.38. The van der Waals surface area contributed by atoms with Crippen LogP contribution in [0.2, 0.25) is 0 Å². The fourth-order valence-corrected chi connectivity index (χ4v) is 2.45. The highest BCUT2D eigenvalue weighted by molar-refractivity contribution is 7.99. The first-order chi connectivity index (χ1) is 8.63. The third-order valence-electron chi connectivity index (χ3n) is 2.57. The molecule has 0 aliphatic heterocycles. The van der Waals surface area contributed by atoms with Gasteiger partial charge in [0.05, 0.1) is 18.4 Å². The number of ether oxygens (including phenoxy) is 1. The third kappa shape index (κ3) is 3.71. The summed E-state index contributed by atoms with van der Waals surface area (Å²) in [6.45, 7) is 4.64. The van der Waals surface area contributed by atoms with Crippen LogP contribution in [0.25, 0.3) is 0 Å². The van der Waals surface area contributed by atoms with Crippen molar-refractivity contribution in [3.05, 3.63) is 5.82 Å². The fourth-order valence-electron chi connectivity index (χ4n) is 1.71. The lowest BCUT2D eigenvalue weighted by atomic mass is 10.2. The van der Waals surface area contributed by atoms with Gasteiger partial charge in [-0.3, -0.25) is 4.79 Å². The molecule has 1 aromatic rings. The van der Waals surface area contributed by atoms with Crippen LogP contribution in [0.3, 0.4) is 0 Å². The molecule has 0 amide bonds. The van der Waals surface area contributed by atoms with E-state index in [2.05, 4.69) is 17.1 Å². The number of aryl methyl sites for hydroxylation is 1. The number of aromatic nitrogens is 3. The van der Waals surface area contributed by atoms with E-state index in [1.807, 2.05) is 11.5 Å². The molecule has 1 aromatic heterocycles. The number of hydrogen-bond acceptors (Lipinski definition) is 5. The number of hydrogen-bond donors (Lipinski definition) is 1. The van der Waals surface area contributed by atoms with E-state index < -0.39 is 5.97 Å². The number of carboxylic acid groups (broad SMARTS) is 1.